The highest BCUT2D eigenvalue weighted by atomic mass is 15.2. The quantitative estimate of drug-likeness (QED) is 0.723. The van der Waals surface area contributed by atoms with E-state index in [2.05, 4.69) is 16.3 Å². The molecule has 2 aliphatic rings. The number of hydrogen-bond acceptors (Lipinski definition) is 3. The minimum Gasteiger partial charge on any atom is -0.311 e. The van der Waals surface area contributed by atoms with E-state index in [4.69, 9.17) is 5.26 Å². The van der Waals surface area contributed by atoms with Crippen molar-refractivity contribution in [3.63, 3.8) is 0 Å². The maximum Gasteiger partial charge on any atom is 0.0666 e. The van der Waals surface area contributed by atoms with Crippen molar-refractivity contribution in [1.82, 2.24) is 10.2 Å². The molecule has 0 aromatic heterocycles. The van der Waals surface area contributed by atoms with Crippen LogP contribution in [0.2, 0.25) is 0 Å². The van der Waals surface area contributed by atoms with Crippen molar-refractivity contribution < 1.29 is 0 Å². The summed E-state index contributed by atoms with van der Waals surface area (Å²) in [5.41, 5.74) is 0. The fourth-order valence-corrected chi connectivity index (χ4v) is 2.11. The molecular formula is C11H19N3. The summed E-state index contributed by atoms with van der Waals surface area (Å²) in [5.74, 6) is 0.143. The molecule has 0 aromatic carbocycles. The second-order valence-electron chi connectivity index (χ2n) is 4.65. The molecule has 78 valence electrons. The third-order valence-corrected chi connectivity index (χ3v) is 3.22. The van der Waals surface area contributed by atoms with Gasteiger partial charge in [-0.2, -0.15) is 5.26 Å². The Morgan fingerprint density at radius 3 is 2.93 bits per heavy atom. The monoisotopic (exact) mass is 193 g/mol. The van der Waals surface area contributed by atoms with E-state index in [-0.39, 0.29) is 5.92 Å². The first-order valence-corrected chi connectivity index (χ1v) is 5.66. The largest absolute Gasteiger partial charge is 0.311 e. The zero-order valence-corrected chi connectivity index (χ0v) is 8.87. The lowest BCUT2D eigenvalue weighted by molar-refractivity contribution is 0.316. The highest BCUT2D eigenvalue weighted by Gasteiger charge is 2.34. The van der Waals surface area contributed by atoms with Crippen LogP contribution in [0.3, 0.4) is 0 Å². The van der Waals surface area contributed by atoms with Crippen LogP contribution >= 0.6 is 0 Å². The number of nitriles is 1. The first kappa shape index (κ1) is 9.95. The van der Waals surface area contributed by atoms with E-state index in [1.165, 1.54) is 32.4 Å². The maximum atomic E-state index is 8.66. The van der Waals surface area contributed by atoms with Crippen molar-refractivity contribution in [3.05, 3.63) is 0 Å². The molecule has 14 heavy (non-hydrogen) atoms. The summed E-state index contributed by atoms with van der Waals surface area (Å²) in [7, 11) is 0. The average molecular weight is 193 g/mol. The smallest absolute Gasteiger partial charge is 0.0666 e. The van der Waals surface area contributed by atoms with Gasteiger partial charge in [0, 0.05) is 31.7 Å². The van der Waals surface area contributed by atoms with E-state index in [1.807, 2.05) is 6.92 Å². The van der Waals surface area contributed by atoms with E-state index >= 15 is 0 Å². The van der Waals surface area contributed by atoms with E-state index in [1.54, 1.807) is 0 Å². The topological polar surface area (TPSA) is 39.1 Å². The summed E-state index contributed by atoms with van der Waals surface area (Å²) in [6.45, 7) is 5.27. The van der Waals surface area contributed by atoms with E-state index in [0.717, 1.165) is 12.6 Å². The summed E-state index contributed by atoms with van der Waals surface area (Å²) >= 11 is 0. The summed E-state index contributed by atoms with van der Waals surface area (Å²) < 4.78 is 0. The van der Waals surface area contributed by atoms with Gasteiger partial charge in [0.25, 0.3) is 0 Å². The average Bonchev–Trinajstić information content (AvgIpc) is 2.95. The van der Waals surface area contributed by atoms with Gasteiger partial charge in [-0.25, -0.2) is 0 Å². The van der Waals surface area contributed by atoms with Crippen LogP contribution in [-0.2, 0) is 0 Å². The SMILES string of the molecule is CC(C#N)CNC1CCN(C2CC2)C1. The summed E-state index contributed by atoms with van der Waals surface area (Å²) in [6, 6.07) is 3.79. The standard InChI is InChI=1S/C11H19N3/c1-9(6-12)7-13-10-4-5-14(8-10)11-2-3-11/h9-11,13H,2-5,7-8H2,1H3. The van der Waals surface area contributed by atoms with Gasteiger partial charge >= 0.3 is 0 Å². The van der Waals surface area contributed by atoms with Crippen molar-refractivity contribution in [3.8, 4) is 6.07 Å². The van der Waals surface area contributed by atoms with Gasteiger partial charge in [0.05, 0.1) is 12.0 Å². The van der Waals surface area contributed by atoms with Crippen molar-refractivity contribution in [2.45, 2.75) is 38.3 Å². The molecule has 2 atom stereocenters. The third kappa shape index (κ3) is 2.46. The number of nitrogens with zero attached hydrogens (tertiary/aromatic N) is 2. The molecule has 2 rings (SSSR count). The van der Waals surface area contributed by atoms with Crippen LogP contribution < -0.4 is 5.32 Å². The molecule has 1 saturated heterocycles. The Hall–Kier alpha value is -0.590. The molecular weight excluding hydrogens is 174 g/mol. The molecule has 1 heterocycles. The molecule has 0 amide bonds. The number of hydrogen-bond donors (Lipinski definition) is 1. The number of likely N-dealkylation sites (tertiary alicyclic amines) is 1. The van der Waals surface area contributed by atoms with Crippen LogP contribution in [0.25, 0.3) is 0 Å². The molecule has 3 heteroatoms. The predicted molar refractivity (Wildman–Crippen MR) is 55.8 cm³/mol. The lowest BCUT2D eigenvalue weighted by atomic mass is 10.2. The summed E-state index contributed by atoms with van der Waals surface area (Å²) in [6.07, 6.45) is 4.07. The second kappa shape index (κ2) is 4.29. The van der Waals surface area contributed by atoms with Gasteiger partial charge in [-0.15, -0.1) is 0 Å². The Labute approximate surface area is 86.1 Å². The van der Waals surface area contributed by atoms with Crippen LogP contribution in [0.15, 0.2) is 0 Å². The van der Waals surface area contributed by atoms with E-state index < -0.39 is 0 Å². The zero-order chi connectivity index (χ0) is 9.97. The molecule has 1 saturated carbocycles. The number of rotatable bonds is 4. The Balaban J connectivity index is 1.66. The molecule has 1 aliphatic heterocycles. The second-order valence-corrected chi connectivity index (χ2v) is 4.65. The first-order valence-electron chi connectivity index (χ1n) is 5.66. The molecule has 2 fully saturated rings. The lowest BCUT2D eigenvalue weighted by Crippen LogP contribution is -2.35. The van der Waals surface area contributed by atoms with Gasteiger partial charge in [-0.1, -0.05) is 0 Å². The number of nitrogens with one attached hydrogen (secondary N) is 1. The van der Waals surface area contributed by atoms with Gasteiger partial charge < -0.3 is 5.32 Å². The van der Waals surface area contributed by atoms with Crippen LogP contribution in [0.4, 0.5) is 0 Å². The van der Waals surface area contributed by atoms with Crippen LogP contribution in [0, 0.1) is 17.2 Å². The minimum atomic E-state index is 0.143. The molecule has 1 aliphatic carbocycles. The van der Waals surface area contributed by atoms with E-state index in [9.17, 15) is 0 Å². The van der Waals surface area contributed by atoms with Crippen LogP contribution in [0.1, 0.15) is 26.2 Å². The predicted octanol–water partition coefficient (Wildman–Crippen LogP) is 0.972. The van der Waals surface area contributed by atoms with Crippen molar-refractivity contribution >= 4 is 0 Å². The first-order chi connectivity index (χ1) is 6.79. The minimum absolute atomic E-state index is 0.143. The van der Waals surface area contributed by atoms with Crippen molar-refractivity contribution in [2.75, 3.05) is 19.6 Å². The fraction of sp³-hybridized carbons (Fsp3) is 0.909. The van der Waals surface area contributed by atoms with Crippen LogP contribution in [-0.4, -0.2) is 36.6 Å². The summed E-state index contributed by atoms with van der Waals surface area (Å²) in [5, 5.41) is 12.1. The normalized spacial score (nSPS) is 30.1. The molecule has 0 bridgehead atoms. The molecule has 0 radical (unpaired) electrons. The van der Waals surface area contributed by atoms with Gasteiger partial charge in [-0.3, -0.25) is 4.90 Å². The maximum absolute atomic E-state index is 8.66. The molecule has 3 nitrogen and oxygen atoms in total. The van der Waals surface area contributed by atoms with Crippen molar-refractivity contribution in [2.24, 2.45) is 5.92 Å². The van der Waals surface area contributed by atoms with Crippen molar-refractivity contribution in [1.29, 1.82) is 5.26 Å². The Kier molecular flexibility index (Phi) is 3.05. The molecule has 2 unspecified atom stereocenters. The summed E-state index contributed by atoms with van der Waals surface area (Å²) in [4.78, 5) is 2.59. The van der Waals surface area contributed by atoms with Gasteiger partial charge in [0.1, 0.15) is 0 Å². The molecule has 1 N–H and O–H groups in total. The molecule has 0 spiro atoms. The third-order valence-electron chi connectivity index (χ3n) is 3.22. The zero-order valence-electron chi connectivity index (χ0n) is 8.87. The van der Waals surface area contributed by atoms with Gasteiger partial charge in [0.15, 0.2) is 0 Å². The Bertz CT molecular complexity index is 229. The fourth-order valence-electron chi connectivity index (χ4n) is 2.11. The highest BCUT2D eigenvalue weighted by molar-refractivity contribution is 4.92. The van der Waals surface area contributed by atoms with Gasteiger partial charge in [0.2, 0.25) is 0 Å². The molecule has 0 aromatic rings. The van der Waals surface area contributed by atoms with Gasteiger partial charge in [-0.05, 0) is 26.2 Å². The highest BCUT2D eigenvalue weighted by Crippen LogP contribution is 2.29. The Morgan fingerprint density at radius 1 is 1.50 bits per heavy atom. The van der Waals surface area contributed by atoms with Crippen LogP contribution in [0.5, 0.6) is 0 Å². The Morgan fingerprint density at radius 2 is 2.29 bits per heavy atom. The van der Waals surface area contributed by atoms with E-state index in [0.29, 0.717) is 6.04 Å². The lowest BCUT2D eigenvalue weighted by Gasteiger charge is -2.16.